The monoisotopic (exact) mass is 320 g/mol. The van der Waals surface area contributed by atoms with E-state index in [0.29, 0.717) is 6.54 Å². The van der Waals surface area contributed by atoms with Crippen molar-refractivity contribution in [1.82, 2.24) is 4.90 Å². The summed E-state index contributed by atoms with van der Waals surface area (Å²) in [7, 11) is 1.92. The highest BCUT2D eigenvalue weighted by Gasteiger charge is 2.33. The fraction of sp³-hybridized carbons (Fsp3) is 0.500. The van der Waals surface area contributed by atoms with Crippen LogP contribution in [-0.4, -0.2) is 30.9 Å². The van der Waals surface area contributed by atoms with E-state index in [-0.39, 0.29) is 22.5 Å². The lowest BCUT2D eigenvalue weighted by Gasteiger charge is -2.28. The standard InChI is InChI=1S/C14H16ClF3N2O/c1-20-6-2-3-9(8-20)13(21)19-10-4-5-12(15)11(7-10)14(16,17)18/h4-5,7,9H,2-3,6,8H2,1H3,(H,19,21)/t9-/m0/s1. The quantitative estimate of drug-likeness (QED) is 0.902. The Hall–Kier alpha value is -1.27. The largest absolute Gasteiger partial charge is 0.417 e. The van der Waals surface area contributed by atoms with E-state index in [4.69, 9.17) is 11.6 Å². The number of halogens is 4. The Morgan fingerprint density at radius 2 is 2.14 bits per heavy atom. The summed E-state index contributed by atoms with van der Waals surface area (Å²) >= 11 is 5.55. The molecule has 1 aliphatic rings. The van der Waals surface area contributed by atoms with Crippen LogP contribution in [0.1, 0.15) is 18.4 Å². The SMILES string of the molecule is CN1CCC[C@H](C(=O)Nc2ccc(Cl)c(C(F)(F)F)c2)C1. The lowest BCUT2D eigenvalue weighted by molar-refractivity contribution is -0.137. The van der Waals surface area contributed by atoms with Gasteiger partial charge in [-0.25, -0.2) is 0 Å². The summed E-state index contributed by atoms with van der Waals surface area (Å²) in [6.45, 7) is 1.55. The maximum Gasteiger partial charge on any atom is 0.417 e. The third kappa shape index (κ3) is 4.11. The lowest BCUT2D eigenvalue weighted by Crippen LogP contribution is -2.38. The number of amides is 1. The van der Waals surface area contributed by atoms with Crippen molar-refractivity contribution in [1.29, 1.82) is 0 Å². The molecule has 1 aromatic rings. The van der Waals surface area contributed by atoms with Crippen LogP contribution in [0.4, 0.5) is 18.9 Å². The maximum absolute atomic E-state index is 12.8. The molecule has 21 heavy (non-hydrogen) atoms. The molecule has 1 atom stereocenters. The van der Waals surface area contributed by atoms with Crippen LogP contribution in [0.5, 0.6) is 0 Å². The van der Waals surface area contributed by atoms with E-state index >= 15 is 0 Å². The Morgan fingerprint density at radius 1 is 1.43 bits per heavy atom. The summed E-state index contributed by atoms with van der Waals surface area (Å²) < 4.78 is 38.3. The Bertz CT molecular complexity index is 533. The second-order valence-electron chi connectivity index (χ2n) is 5.28. The van der Waals surface area contributed by atoms with Crippen LogP contribution in [0.15, 0.2) is 18.2 Å². The number of nitrogens with one attached hydrogen (secondary N) is 1. The molecule has 1 aromatic carbocycles. The van der Waals surface area contributed by atoms with Crippen molar-refractivity contribution < 1.29 is 18.0 Å². The third-order valence-corrected chi connectivity index (χ3v) is 3.86. The van der Waals surface area contributed by atoms with Gasteiger partial charge in [-0.15, -0.1) is 0 Å². The maximum atomic E-state index is 12.8. The summed E-state index contributed by atoms with van der Waals surface area (Å²) in [5, 5.41) is 2.17. The second-order valence-corrected chi connectivity index (χ2v) is 5.69. The van der Waals surface area contributed by atoms with Gasteiger partial charge in [0.15, 0.2) is 0 Å². The highest BCUT2D eigenvalue weighted by molar-refractivity contribution is 6.31. The Kier molecular flexibility index (Phi) is 4.78. The Morgan fingerprint density at radius 3 is 2.76 bits per heavy atom. The van der Waals surface area contributed by atoms with E-state index in [9.17, 15) is 18.0 Å². The van der Waals surface area contributed by atoms with E-state index in [1.165, 1.54) is 6.07 Å². The van der Waals surface area contributed by atoms with Gasteiger partial charge in [-0.3, -0.25) is 4.79 Å². The van der Waals surface area contributed by atoms with Gasteiger partial charge in [0, 0.05) is 12.2 Å². The highest BCUT2D eigenvalue weighted by atomic mass is 35.5. The molecular formula is C14H16ClF3N2O. The molecule has 0 aliphatic carbocycles. The highest BCUT2D eigenvalue weighted by Crippen LogP contribution is 2.36. The molecule has 0 unspecified atom stereocenters. The van der Waals surface area contributed by atoms with Gasteiger partial charge >= 0.3 is 6.18 Å². The third-order valence-electron chi connectivity index (χ3n) is 3.53. The summed E-state index contributed by atoms with van der Waals surface area (Å²) in [6.07, 6.45) is -2.89. The van der Waals surface area contributed by atoms with Gasteiger partial charge < -0.3 is 10.2 Å². The summed E-state index contributed by atoms with van der Waals surface area (Å²) in [5.74, 6) is -0.453. The number of alkyl halides is 3. The van der Waals surface area contributed by atoms with Gasteiger partial charge in [0.05, 0.1) is 16.5 Å². The minimum absolute atomic E-state index is 0.116. The molecule has 3 nitrogen and oxygen atoms in total. The molecule has 7 heteroatoms. The molecule has 1 heterocycles. The zero-order chi connectivity index (χ0) is 15.6. The molecule has 1 saturated heterocycles. The number of anilines is 1. The lowest BCUT2D eigenvalue weighted by atomic mass is 9.97. The minimum atomic E-state index is -4.54. The fourth-order valence-corrected chi connectivity index (χ4v) is 2.67. The molecule has 1 amide bonds. The van der Waals surface area contributed by atoms with Crippen LogP contribution in [0.3, 0.4) is 0 Å². The molecule has 1 aliphatic heterocycles. The van der Waals surface area contributed by atoms with Gasteiger partial charge in [-0.1, -0.05) is 11.6 Å². The molecule has 1 N–H and O–H groups in total. The average molecular weight is 321 g/mol. The first-order valence-electron chi connectivity index (χ1n) is 6.63. The molecule has 2 rings (SSSR count). The zero-order valence-electron chi connectivity index (χ0n) is 11.5. The smallest absolute Gasteiger partial charge is 0.326 e. The number of likely N-dealkylation sites (tertiary alicyclic amines) is 1. The number of hydrogen-bond donors (Lipinski definition) is 1. The zero-order valence-corrected chi connectivity index (χ0v) is 12.3. The predicted molar refractivity (Wildman–Crippen MR) is 75.3 cm³/mol. The number of carbonyl (C=O) groups is 1. The van der Waals surface area contributed by atoms with Crippen molar-refractivity contribution in [2.75, 3.05) is 25.5 Å². The van der Waals surface area contributed by atoms with Crippen LogP contribution in [0.25, 0.3) is 0 Å². The molecule has 0 spiro atoms. The topological polar surface area (TPSA) is 32.3 Å². The van der Waals surface area contributed by atoms with Crippen molar-refractivity contribution in [3.05, 3.63) is 28.8 Å². The van der Waals surface area contributed by atoms with Crippen LogP contribution < -0.4 is 5.32 Å². The predicted octanol–water partition coefficient (Wildman–Crippen LogP) is 3.64. The Labute approximate surface area is 126 Å². The first-order chi connectivity index (χ1) is 9.77. The number of carbonyl (C=O) groups excluding carboxylic acids is 1. The molecule has 0 radical (unpaired) electrons. The van der Waals surface area contributed by atoms with Crippen LogP contribution >= 0.6 is 11.6 Å². The summed E-state index contributed by atoms with van der Waals surface area (Å²) in [4.78, 5) is 14.1. The average Bonchev–Trinajstić information content (AvgIpc) is 2.39. The van der Waals surface area contributed by atoms with E-state index in [1.807, 2.05) is 11.9 Å². The van der Waals surface area contributed by atoms with Crippen molar-refractivity contribution in [3.63, 3.8) is 0 Å². The molecular weight excluding hydrogens is 305 g/mol. The van der Waals surface area contributed by atoms with Crippen molar-refractivity contribution in [3.8, 4) is 0 Å². The molecule has 1 fully saturated rings. The summed E-state index contributed by atoms with van der Waals surface area (Å²) in [6, 6.07) is 3.39. The first kappa shape index (κ1) is 16.1. The van der Waals surface area contributed by atoms with Gasteiger partial charge in [-0.05, 0) is 44.6 Å². The number of rotatable bonds is 2. The van der Waals surface area contributed by atoms with Gasteiger partial charge in [-0.2, -0.15) is 13.2 Å². The van der Waals surface area contributed by atoms with E-state index in [1.54, 1.807) is 0 Å². The van der Waals surface area contributed by atoms with Crippen LogP contribution in [0.2, 0.25) is 5.02 Å². The van der Waals surface area contributed by atoms with E-state index in [0.717, 1.165) is 31.5 Å². The van der Waals surface area contributed by atoms with Gasteiger partial charge in [0.25, 0.3) is 0 Å². The van der Waals surface area contributed by atoms with Gasteiger partial charge in [0.1, 0.15) is 0 Å². The fourth-order valence-electron chi connectivity index (χ4n) is 2.44. The molecule has 116 valence electrons. The second kappa shape index (κ2) is 6.23. The van der Waals surface area contributed by atoms with Crippen molar-refractivity contribution >= 4 is 23.2 Å². The molecule has 0 bridgehead atoms. The molecule has 0 saturated carbocycles. The summed E-state index contributed by atoms with van der Waals surface area (Å²) in [5.41, 5.74) is -0.826. The van der Waals surface area contributed by atoms with Crippen LogP contribution in [-0.2, 0) is 11.0 Å². The number of nitrogens with zero attached hydrogens (tertiary/aromatic N) is 1. The van der Waals surface area contributed by atoms with Crippen LogP contribution in [0, 0.1) is 5.92 Å². The van der Waals surface area contributed by atoms with Gasteiger partial charge in [0.2, 0.25) is 5.91 Å². The first-order valence-corrected chi connectivity index (χ1v) is 7.01. The van der Waals surface area contributed by atoms with Crippen molar-refractivity contribution in [2.45, 2.75) is 19.0 Å². The van der Waals surface area contributed by atoms with E-state index < -0.39 is 11.7 Å². The Balaban J connectivity index is 2.11. The number of hydrogen-bond acceptors (Lipinski definition) is 2. The number of piperidine rings is 1. The number of benzene rings is 1. The van der Waals surface area contributed by atoms with Crippen molar-refractivity contribution in [2.24, 2.45) is 5.92 Å². The van der Waals surface area contributed by atoms with E-state index in [2.05, 4.69) is 5.32 Å². The normalized spacial score (nSPS) is 20.3. The minimum Gasteiger partial charge on any atom is -0.326 e. The molecule has 0 aromatic heterocycles.